The molecule has 0 aromatic rings. The van der Waals surface area contributed by atoms with Crippen LogP contribution in [0.2, 0.25) is 0 Å². The van der Waals surface area contributed by atoms with Gasteiger partial charge in [0.2, 0.25) is 0 Å². The molecule has 0 unspecified atom stereocenters. The highest BCUT2D eigenvalue weighted by atomic mass is 16.2. The summed E-state index contributed by atoms with van der Waals surface area (Å²) in [4.78, 5) is 11.4. The zero-order valence-electron chi connectivity index (χ0n) is 9.62. The molecule has 0 saturated carbocycles. The largest absolute Gasteiger partial charge is 0.334 e. The van der Waals surface area contributed by atoms with Crippen molar-refractivity contribution in [3.8, 4) is 0 Å². The number of carbonyl (C=O) groups is 1. The second kappa shape index (κ2) is 3.99. The fourth-order valence-corrected chi connectivity index (χ4v) is 0.768. The first-order chi connectivity index (χ1) is 5.66. The quantitative estimate of drug-likeness (QED) is 0.682. The number of hydrogen-bond acceptors (Lipinski definition) is 1. The summed E-state index contributed by atoms with van der Waals surface area (Å²) in [5, 5.41) is 5.77. The van der Waals surface area contributed by atoms with Crippen molar-refractivity contribution in [2.75, 3.05) is 0 Å². The standard InChI is InChI=1S/C10H22N2O/c1-7-10(5,6)12-8(13)11-9(2,3)4/h7H2,1-6H3,(H2,11,12,13). The molecule has 0 aromatic carbocycles. The summed E-state index contributed by atoms with van der Waals surface area (Å²) in [5.74, 6) is 0. The molecule has 2 N–H and O–H groups in total. The Bertz CT molecular complexity index is 180. The van der Waals surface area contributed by atoms with Gasteiger partial charge in [0.25, 0.3) is 0 Å². The molecule has 0 radical (unpaired) electrons. The van der Waals surface area contributed by atoms with E-state index in [1.165, 1.54) is 0 Å². The zero-order valence-corrected chi connectivity index (χ0v) is 9.62. The van der Waals surface area contributed by atoms with Crippen molar-refractivity contribution in [1.29, 1.82) is 0 Å². The topological polar surface area (TPSA) is 41.1 Å². The molecule has 78 valence electrons. The number of amides is 2. The van der Waals surface area contributed by atoms with E-state index in [1.807, 2.05) is 34.6 Å². The van der Waals surface area contributed by atoms with Gasteiger partial charge in [-0.3, -0.25) is 0 Å². The van der Waals surface area contributed by atoms with E-state index in [0.717, 1.165) is 6.42 Å². The number of nitrogens with one attached hydrogen (secondary N) is 2. The normalized spacial score (nSPS) is 12.5. The van der Waals surface area contributed by atoms with E-state index in [2.05, 4.69) is 17.6 Å². The van der Waals surface area contributed by atoms with Gasteiger partial charge in [0, 0.05) is 11.1 Å². The van der Waals surface area contributed by atoms with Gasteiger partial charge in [-0.2, -0.15) is 0 Å². The summed E-state index contributed by atoms with van der Waals surface area (Å²) in [6.45, 7) is 12.0. The fourth-order valence-electron chi connectivity index (χ4n) is 0.768. The van der Waals surface area contributed by atoms with Gasteiger partial charge in [-0.25, -0.2) is 4.79 Å². The Hall–Kier alpha value is -0.730. The molecule has 0 aliphatic heterocycles. The molecule has 0 aliphatic carbocycles. The van der Waals surface area contributed by atoms with Gasteiger partial charge >= 0.3 is 6.03 Å². The zero-order chi connectivity index (χ0) is 10.7. The van der Waals surface area contributed by atoms with Crippen LogP contribution in [0.15, 0.2) is 0 Å². The maximum absolute atomic E-state index is 11.4. The van der Waals surface area contributed by atoms with Crippen LogP contribution in [0.5, 0.6) is 0 Å². The van der Waals surface area contributed by atoms with Gasteiger partial charge in [-0.1, -0.05) is 6.92 Å². The van der Waals surface area contributed by atoms with Crippen LogP contribution in [-0.4, -0.2) is 17.1 Å². The molecule has 0 atom stereocenters. The smallest absolute Gasteiger partial charge is 0.315 e. The maximum Gasteiger partial charge on any atom is 0.315 e. The third-order valence-corrected chi connectivity index (χ3v) is 1.82. The van der Waals surface area contributed by atoms with Gasteiger partial charge in [0.15, 0.2) is 0 Å². The molecular formula is C10H22N2O. The van der Waals surface area contributed by atoms with Crippen LogP contribution in [0.25, 0.3) is 0 Å². The predicted octanol–water partition coefficient (Wildman–Crippen LogP) is 2.27. The molecular weight excluding hydrogens is 164 g/mol. The van der Waals surface area contributed by atoms with Crippen molar-refractivity contribution < 1.29 is 4.79 Å². The Balaban J connectivity index is 4.03. The maximum atomic E-state index is 11.4. The molecule has 0 rings (SSSR count). The Labute approximate surface area is 81.3 Å². The second-order valence-corrected chi connectivity index (χ2v) is 5.07. The average Bonchev–Trinajstić information content (AvgIpc) is 1.81. The molecule has 3 heteroatoms. The number of carbonyl (C=O) groups excluding carboxylic acids is 1. The van der Waals surface area contributed by atoms with Gasteiger partial charge in [0.1, 0.15) is 0 Å². The first-order valence-electron chi connectivity index (χ1n) is 4.76. The van der Waals surface area contributed by atoms with E-state index in [9.17, 15) is 4.79 Å². The number of rotatable bonds is 2. The molecule has 2 amide bonds. The summed E-state index contributed by atoms with van der Waals surface area (Å²) in [6, 6.07) is -0.0978. The second-order valence-electron chi connectivity index (χ2n) is 5.07. The lowest BCUT2D eigenvalue weighted by atomic mass is 10.0. The monoisotopic (exact) mass is 186 g/mol. The highest BCUT2D eigenvalue weighted by Gasteiger charge is 2.20. The molecule has 0 fully saturated rings. The minimum atomic E-state index is -0.173. The first kappa shape index (κ1) is 12.3. The van der Waals surface area contributed by atoms with E-state index in [-0.39, 0.29) is 17.1 Å². The summed E-state index contributed by atoms with van der Waals surface area (Å²) >= 11 is 0. The minimum Gasteiger partial charge on any atom is -0.334 e. The number of urea groups is 1. The van der Waals surface area contributed by atoms with Crippen LogP contribution < -0.4 is 10.6 Å². The van der Waals surface area contributed by atoms with Gasteiger partial charge in [-0.15, -0.1) is 0 Å². The molecule has 0 saturated heterocycles. The van der Waals surface area contributed by atoms with E-state index < -0.39 is 0 Å². The SMILES string of the molecule is CCC(C)(C)NC(=O)NC(C)(C)C. The van der Waals surface area contributed by atoms with Crippen molar-refractivity contribution in [2.45, 2.75) is 59.0 Å². The van der Waals surface area contributed by atoms with Crippen LogP contribution in [0.4, 0.5) is 4.79 Å². The lowest BCUT2D eigenvalue weighted by Gasteiger charge is -2.28. The molecule has 0 spiro atoms. The lowest BCUT2D eigenvalue weighted by Crippen LogP contribution is -2.53. The van der Waals surface area contributed by atoms with E-state index >= 15 is 0 Å². The van der Waals surface area contributed by atoms with E-state index in [0.29, 0.717) is 0 Å². The lowest BCUT2D eigenvalue weighted by molar-refractivity contribution is 0.220. The average molecular weight is 186 g/mol. The van der Waals surface area contributed by atoms with Crippen molar-refractivity contribution in [1.82, 2.24) is 10.6 Å². The molecule has 0 heterocycles. The van der Waals surface area contributed by atoms with Crippen LogP contribution in [0.1, 0.15) is 48.0 Å². The Morgan fingerprint density at radius 3 is 1.85 bits per heavy atom. The number of hydrogen-bond donors (Lipinski definition) is 2. The Morgan fingerprint density at radius 2 is 1.54 bits per heavy atom. The highest BCUT2D eigenvalue weighted by Crippen LogP contribution is 2.07. The third-order valence-electron chi connectivity index (χ3n) is 1.82. The molecule has 0 aromatic heterocycles. The minimum absolute atomic E-state index is 0.0978. The molecule has 3 nitrogen and oxygen atoms in total. The third kappa shape index (κ3) is 6.43. The summed E-state index contributed by atoms with van der Waals surface area (Å²) in [5.41, 5.74) is -0.302. The van der Waals surface area contributed by atoms with Crippen molar-refractivity contribution in [3.05, 3.63) is 0 Å². The Kier molecular flexibility index (Phi) is 3.76. The van der Waals surface area contributed by atoms with Crippen molar-refractivity contribution in [2.24, 2.45) is 0 Å². The van der Waals surface area contributed by atoms with Crippen molar-refractivity contribution in [3.63, 3.8) is 0 Å². The summed E-state index contributed by atoms with van der Waals surface area (Å²) in [6.07, 6.45) is 0.921. The predicted molar refractivity (Wildman–Crippen MR) is 55.8 cm³/mol. The van der Waals surface area contributed by atoms with Crippen LogP contribution in [0, 0.1) is 0 Å². The van der Waals surface area contributed by atoms with Crippen molar-refractivity contribution >= 4 is 6.03 Å². The highest BCUT2D eigenvalue weighted by molar-refractivity contribution is 5.75. The van der Waals surface area contributed by atoms with Gasteiger partial charge in [0.05, 0.1) is 0 Å². The molecule has 0 bridgehead atoms. The Morgan fingerprint density at radius 1 is 1.08 bits per heavy atom. The van der Waals surface area contributed by atoms with Gasteiger partial charge < -0.3 is 10.6 Å². The summed E-state index contributed by atoms with van der Waals surface area (Å²) in [7, 11) is 0. The van der Waals surface area contributed by atoms with Crippen LogP contribution in [-0.2, 0) is 0 Å². The van der Waals surface area contributed by atoms with E-state index in [1.54, 1.807) is 0 Å². The fraction of sp³-hybridized carbons (Fsp3) is 0.900. The first-order valence-corrected chi connectivity index (χ1v) is 4.76. The molecule has 0 aliphatic rings. The van der Waals surface area contributed by atoms with Gasteiger partial charge in [-0.05, 0) is 41.0 Å². The molecule has 13 heavy (non-hydrogen) atoms. The van der Waals surface area contributed by atoms with E-state index in [4.69, 9.17) is 0 Å². The van der Waals surface area contributed by atoms with Crippen LogP contribution >= 0.6 is 0 Å². The summed E-state index contributed by atoms with van der Waals surface area (Å²) < 4.78 is 0. The van der Waals surface area contributed by atoms with Crippen LogP contribution in [0.3, 0.4) is 0 Å².